The molecule has 0 heterocycles. The molecule has 0 aromatic carbocycles. The largest absolute Gasteiger partial charge is 0.469 e. The Bertz CT molecular complexity index is 487. The molecule has 1 N–H and O–H groups in total. The van der Waals surface area contributed by atoms with Crippen molar-refractivity contribution in [3.8, 4) is 0 Å². The van der Waals surface area contributed by atoms with E-state index in [9.17, 15) is 19.5 Å². The van der Waals surface area contributed by atoms with Gasteiger partial charge in [0.1, 0.15) is 0 Å². The average Bonchev–Trinajstić information content (AvgIpc) is 2.76. The van der Waals surface area contributed by atoms with E-state index in [1.807, 2.05) is 0 Å². The lowest BCUT2D eigenvalue weighted by Gasteiger charge is -2.05. The van der Waals surface area contributed by atoms with E-state index in [1.165, 1.54) is 19.3 Å². The number of unbranched alkanes of at least 4 members (excludes halogenated alkanes) is 2. The van der Waals surface area contributed by atoms with E-state index in [-0.39, 0.29) is 30.8 Å². The van der Waals surface area contributed by atoms with Gasteiger partial charge in [0.15, 0.2) is 11.6 Å². The van der Waals surface area contributed by atoms with Crippen LogP contribution >= 0.6 is 0 Å². The minimum atomic E-state index is -0.889. The highest BCUT2D eigenvalue weighted by Crippen LogP contribution is 2.28. The second-order valence-electron chi connectivity index (χ2n) is 5.41. The van der Waals surface area contributed by atoms with Crippen molar-refractivity contribution in [3.05, 3.63) is 23.3 Å². The third-order valence-electron chi connectivity index (χ3n) is 3.71. The first-order chi connectivity index (χ1) is 10.5. The van der Waals surface area contributed by atoms with Crippen LogP contribution in [0.1, 0.15) is 51.9 Å². The molecule has 0 saturated heterocycles. The molecular formula is C17H24O5. The molecule has 0 aromatic rings. The molecule has 22 heavy (non-hydrogen) atoms. The predicted molar refractivity (Wildman–Crippen MR) is 82.2 cm³/mol. The Labute approximate surface area is 131 Å². The SMILES string of the molecule is CCCCCC(=O)/C=C/C1=C(CCC(=O)OC)C(=O)CC1O. The van der Waals surface area contributed by atoms with E-state index in [0.717, 1.165) is 19.3 Å². The van der Waals surface area contributed by atoms with E-state index < -0.39 is 12.1 Å². The van der Waals surface area contributed by atoms with Gasteiger partial charge in [-0.25, -0.2) is 0 Å². The van der Waals surface area contributed by atoms with Crippen LogP contribution in [0.2, 0.25) is 0 Å². The van der Waals surface area contributed by atoms with Crippen LogP contribution in [0.5, 0.6) is 0 Å². The fourth-order valence-electron chi connectivity index (χ4n) is 2.41. The second-order valence-corrected chi connectivity index (χ2v) is 5.41. The maximum Gasteiger partial charge on any atom is 0.305 e. The summed E-state index contributed by atoms with van der Waals surface area (Å²) in [6, 6.07) is 0. The first-order valence-corrected chi connectivity index (χ1v) is 7.71. The molecule has 1 aliphatic carbocycles. The molecule has 122 valence electrons. The number of carbonyl (C=O) groups is 3. The van der Waals surface area contributed by atoms with Crippen LogP contribution in [0.15, 0.2) is 23.3 Å². The number of allylic oxidation sites excluding steroid dienone is 2. The molecule has 1 unspecified atom stereocenters. The van der Waals surface area contributed by atoms with Crippen LogP contribution in [0, 0.1) is 0 Å². The summed E-state index contributed by atoms with van der Waals surface area (Å²) in [5.74, 6) is -0.588. The molecule has 0 saturated carbocycles. The van der Waals surface area contributed by atoms with E-state index in [1.54, 1.807) is 0 Å². The van der Waals surface area contributed by atoms with Gasteiger partial charge in [-0.3, -0.25) is 14.4 Å². The maximum absolute atomic E-state index is 11.9. The molecule has 1 atom stereocenters. The lowest BCUT2D eigenvalue weighted by molar-refractivity contribution is -0.140. The molecular weight excluding hydrogens is 284 g/mol. The highest BCUT2D eigenvalue weighted by atomic mass is 16.5. The zero-order valence-electron chi connectivity index (χ0n) is 13.3. The fourth-order valence-corrected chi connectivity index (χ4v) is 2.41. The van der Waals surface area contributed by atoms with Crippen molar-refractivity contribution in [2.24, 2.45) is 0 Å². The van der Waals surface area contributed by atoms with Gasteiger partial charge in [0, 0.05) is 24.8 Å². The normalized spacial score (nSPS) is 18.3. The van der Waals surface area contributed by atoms with Crippen LogP contribution in [0.4, 0.5) is 0 Å². The molecule has 0 radical (unpaired) electrons. The fraction of sp³-hybridized carbons (Fsp3) is 0.588. The Morgan fingerprint density at radius 2 is 2.05 bits per heavy atom. The second kappa shape index (κ2) is 9.30. The van der Waals surface area contributed by atoms with Crippen molar-refractivity contribution in [1.29, 1.82) is 0 Å². The molecule has 0 fully saturated rings. The van der Waals surface area contributed by atoms with Gasteiger partial charge in [-0.1, -0.05) is 25.8 Å². The van der Waals surface area contributed by atoms with Crippen molar-refractivity contribution in [1.82, 2.24) is 0 Å². The maximum atomic E-state index is 11.9. The number of esters is 1. The molecule has 0 bridgehead atoms. The number of rotatable bonds is 9. The van der Waals surface area contributed by atoms with Crippen molar-refractivity contribution in [3.63, 3.8) is 0 Å². The molecule has 0 spiro atoms. The van der Waals surface area contributed by atoms with Crippen molar-refractivity contribution >= 4 is 17.5 Å². The third-order valence-corrected chi connectivity index (χ3v) is 3.71. The number of ketones is 2. The number of ether oxygens (including phenoxy) is 1. The first kappa shape index (κ1) is 18.3. The Morgan fingerprint density at radius 3 is 2.68 bits per heavy atom. The van der Waals surface area contributed by atoms with Gasteiger partial charge >= 0.3 is 5.97 Å². The van der Waals surface area contributed by atoms with Crippen LogP contribution in [0.25, 0.3) is 0 Å². The quantitative estimate of drug-likeness (QED) is 0.401. The first-order valence-electron chi connectivity index (χ1n) is 7.71. The Kier molecular flexibility index (Phi) is 7.74. The standard InChI is InChI=1S/C17H24O5/c1-3-4-5-6-12(18)7-8-13-14(9-10-17(21)22-2)16(20)11-15(13)19/h7-8,15,19H,3-6,9-11H2,1-2H3/b8-7+. The van der Waals surface area contributed by atoms with E-state index >= 15 is 0 Å². The van der Waals surface area contributed by atoms with Gasteiger partial charge in [-0.15, -0.1) is 0 Å². The minimum absolute atomic E-state index is 0.0141. The van der Waals surface area contributed by atoms with Crippen LogP contribution in [0.3, 0.4) is 0 Å². The molecule has 0 amide bonds. The van der Waals surface area contributed by atoms with Crippen molar-refractivity contribution < 1.29 is 24.2 Å². The van der Waals surface area contributed by atoms with Gasteiger partial charge in [0.25, 0.3) is 0 Å². The Morgan fingerprint density at radius 1 is 1.32 bits per heavy atom. The summed E-state index contributed by atoms with van der Waals surface area (Å²) in [6.45, 7) is 2.07. The number of Topliss-reactive ketones (excluding diaryl/α,β-unsaturated/α-hetero) is 1. The van der Waals surface area contributed by atoms with Crippen LogP contribution in [-0.2, 0) is 19.1 Å². The number of carbonyl (C=O) groups excluding carboxylic acids is 3. The van der Waals surface area contributed by atoms with Gasteiger partial charge in [0.2, 0.25) is 0 Å². The van der Waals surface area contributed by atoms with Gasteiger partial charge < -0.3 is 9.84 Å². The third kappa shape index (κ3) is 5.56. The molecule has 0 aromatic heterocycles. The van der Waals surface area contributed by atoms with E-state index in [2.05, 4.69) is 11.7 Å². The molecule has 1 rings (SSSR count). The van der Waals surface area contributed by atoms with E-state index in [4.69, 9.17) is 0 Å². The zero-order valence-corrected chi connectivity index (χ0v) is 13.3. The number of aliphatic hydroxyl groups excluding tert-OH is 1. The zero-order chi connectivity index (χ0) is 16.5. The van der Waals surface area contributed by atoms with Crippen LogP contribution < -0.4 is 0 Å². The minimum Gasteiger partial charge on any atom is -0.469 e. The summed E-state index contributed by atoms with van der Waals surface area (Å²) < 4.78 is 4.55. The molecule has 0 aliphatic heterocycles. The lowest BCUT2D eigenvalue weighted by Crippen LogP contribution is -2.05. The lowest BCUT2D eigenvalue weighted by atomic mass is 10.0. The topological polar surface area (TPSA) is 80.7 Å². The molecule has 5 nitrogen and oxygen atoms in total. The van der Waals surface area contributed by atoms with Crippen molar-refractivity contribution in [2.75, 3.05) is 7.11 Å². The van der Waals surface area contributed by atoms with Gasteiger partial charge in [0.05, 0.1) is 13.2 Å². The highest BCUT2D eigenvalue weighted by molar-refractivity contribution is 6.01. The summed E-state index contributed by atoms with van der Waals surface area (Å²) in [5.41, 5.74) is 0.883. The number of methoxy groups -OCH3 is 1. The summed E-state index contributed by atoms with van der Waals surface area (Å²) in [7, 11) is 1.29. The molecule has 1 aliphatic rings. The summed E-state index contributed by atoms with van der Waals surface area (Å²) >= 11 is 0. The number of aliphatic hydroxyl groups is 1. The Hall–Kier alpha value is -1.75. The van der Waals surface area contributed by atoms with Gasteiger partial charge in [-0.05, 0) is 24.5 Å². The Balaban J connectivity index is 2.72. The number of hydrogen-bond donors (Lipinski definition) is 1. The highest BCUT2D eigenvalue weighted by Gasteiger charge is 2.29. The van der Waals surface area contributed by atoms with E-state index in [0.29, 0.717) is 17.6 Å². The predicted octanol–water partition coefficient (Wildman–Crippen LogP) is 2.28. The average molecular weight is 308 g/mol. The summed E-state index contributed by atoms with van der Waals surface area (Å²) in [6.07, 6.45) is 5.76. The smallest absolute Gasteiger partial charge is 0.305 e. The van der Waals surface area contributed by atoms with Crippen molar-refractivity contribution in [2.45, 2.75) is 58.0 Å². The van der Waals surface area contributed by atoms with Crippen LogP contribution in [-0.4, -0.2) is 35.9 Å². The summed E-state index contributed by atoms with van der Waals surface area (Å²) in [4.78, 5) is 34.8. The monoisotopic (exact) mass is 308 g/mol. The number of hydrogen-bond acceptors (Lipinski definition) is 5. The molecule has 5 heteroatoms. The summed E-state index contributed by atoms with van der Waals surface area (Å²) in [5, 5.41) is 9.92. The van der Waals surface area contributed by atoms with Gasteiger partial charge in [-0.2, -0.15) is 0 Å².